The topological polar surface area (TPSA) is 46.5 Å². The Bertz CT molecular complexity index is 813. The van der Waals surface area contributed by atoms with Crippen molar-refractivity contribution in [3.63, 3.8) is 0 Å². The highest BCUT2D eigenvalue weighted by Crippen LogP contribution is 2.25. The summed E-state index contributed by atoms with van der Waals surface area (Å²) in [5.41, 5.74) is 1.68. The van der Waals surface area contributed by atoms with Gasteiger partial charge in [0.25, 0.3) is 0 Å². The SMILES string of the molecule is S=c1[nH]nc(-c2ccccn2)n1-c1ccc(Cl)cc1I. The summed E-state index contributed by atoms with van der Waals surface area (Å²) in [7, 11) is 0. The second-order valence-corrected chi connectivity index (χ2v) is 5.98. The normalized spacial score (nSPS) is 10.7. The Labute approximate surface area is 139 Å². The maximum Gasteiger partial charge on any atom is 0.200 e. The van der Waals surface area contributed by atoms with E-state index in [1.807, 2.05) is 41.0 Å². The monoisotopic (exact) mass is 414 g/mol. The maximum absolute atomic E-state index is 6.00. The van der Waals surface area contributed by atoms with Gasteiger partial charge < -0.3 is 0 Å². The van der Waals surface area contributed by atoms with Crippen LogP contribution < -0.4 is 0 Å². The summed E-state index contributed by atoms with van der Waals surface area (Å²) in [6, 6.07) is 11.3. The summed E-state index contributed by atoms with van der Waals surface area (Å²) < 4.78 is 3.37. The number of benzene rings is 1. The first-order chi connectivity index (χ1) is 9.66. The van der Waals surface area contributed by atoms with Crippen LogP contribution in [0.3, 0.4) is 0 Å². The van der Waals surface area contributed by atoms with Crippen molar-refractivity contribution < 1.29 is 0 Å². The van der Waals surface area contributed by atoms with Gasteiger partial charge in [0.2, 0.25) is 0 Å². The molecule has 3 rings (SSSR count). The molecule has 0 atom stereocenters. The fraction of sp³-hybridized carbons (Fsp3) is 0. The lowest BCUT2D eigenvalue weighted by Crippen LogP contribution is -2.01. The van der Waals surface area contributed by atoms with Crippen LogP contribution in [0.4, 0.5) is 0 Å². The van der Waals surface area contributed by atoms with Gasteiger partial charge in [-0.2, -0.15) is 5.10 Å². The highest BCUT2D eigenvalue weighted by atomic mass is 127. The summed E-state index contributed by atoms with van der Waals surface area (Å²) in [6.45, 7) is 0. The van der Waals surface area contributed by atoms with Gasteiger partial charge in [0, 0.05) is 14.8 Å². The molecule has 2 heterocycles. The van der Waals surface area contributed by atoms with Crippen molar-refractivity contribution in [1.29, 1.82) is 0 Å². The van der Waals surface area contributed by atoms with Gasteiger partial charge in [-0.1, -0.05) is 17.7 Å². The zero-order valence-electron chi connectivity index (χ0n) is 10.0. The van der Waals surface area contributed by atoms with Crippen molar-refractivity contribution in [2.45, 2.75) is 0 Å². The molecule has 0 amide bonds. The molecule has 0 radical (unpaired) electrons. The van der Waals surface area contributed by atoms with E-state index in [-0.39, 0.29) is 0 Å². The average Bonchev–Trinajstić information content (AvgIpc) is 2.82. The lowest BCUT2D eigenvalue weighted by atomic mass is 10.3. The average molecular weight is 415 g/mol. The van der Waals surface area contributed by atoms with E-state index >= 15 is 0 Å². The van der Waals surface area contributed by atoms with E-state index in [0.717, 1.165) is 15.0 Å². The van der Waals surface area contributed by atoms with Gasteiger partial charge in [0.05, 0.1) is 5.69 Å². The molecule has 0 spiro atoms. The molecule has 1 N–H and O–H groups in total. The van der Waals surface area contributed by atoms with Crippen molar-refractivity contribution >= 4 is 46.4 Å². The minimum absolute atomic E-state index is 0.519. The summed E-state index contributed by atoms with van der Waals surface area (Å²) >= 11 is 13.6. The van der Waals surface area contributed by atoms with Crippen LogP contribution in [-0.4, -0.2) is 19.7 Å². The van der Waals surface area contributed by atoms with Crippen molar-refractivity contribution in [2.24, 2.45) is 0 Å². The van der Waals surface area contributed by atoms with Gasteiger partial charge in [-0.05, 0) is 65.1 Å². The third-order valence-corrected chi connectivity index (χ3v) is 4.09. The number of nitrogens with one attached hydrogen (secondary N) is 1. The Kier molecular flexibility index (Phi) is 3.86. The van der Waals surface area contributed by atoms with Crippen molar-refractivity contribution in [3.05, 3.63) is 56.0 Å². The summed E-state index contributed by atoms with van der Waals surface area (Å²) in [4.78, 5) is 4.32. The fourth-order valence-corrected chi connectivity index (χ4v) is 3.19. The molecule has 7 heteroatoms. The minimum Gasteiger partial charge on any atom is -0.266 e. The predicted octanol–water partition coefficient (Wildman–Crippen LogP) is 4.25. The van der Waals surface area contributed by atoms with Crippen LogP contribution in [0, 0.1) is 8.34 Å². The van der Waals surface area contributed by atoms with E-state index in [2.05, 4.69) is 37.8 Å². The second-order valence-electron chi connectivity index (χ2n) is 4.00. The predicted molar refractivity (Wildman–Crippen MR) is 89.7 cm³/mol. The number of aromatic amines is 1. The third-order valence-electron chi connectivity index (χ3n) is 2.72. The number of halogens is 2. The van der Waals surface area contributed by atoms with E-state index in [4.69, 9.17) is 23.8 Å². The number of rotatable bonds is 2. The minimum atomic E-state index is 0.519. The van der Waals surface area contributed by atoms with Crippen molar-refractivity contribution in [2.75, 3.05) is 0 Å². The highest BCUT2D eigenvalue weighted by molar-refractivity contribution is 14.1. The van der Waals surface area contributed by atoms with E-state index < -0.39 is 0 Å². The van der Waals surface area contributed by atoms with Crippen LogP contribution in [0.25, 0.3) is 17.2 Å². The molecule has 0 saturated carbocycles. The Hall–Kier alpha value is -1.25. The molecular formula is C13H8ClIN4S. The highest BCUT2D eigenvalue weighted by Gasteiger charge is 2.13. The first kappa shape index (κ1) is 13.7. The Balaban J connectivity index is 2.25. The van der Waals surface area contributed by atoms with Crippen LogP contribution in [0.15, 0.2) is 42.6 Å². The lowest BCUT2D eigenvalue weighted by molar-refractivity contribution is 1.02. The summed E-state index contributed by atoms with van der Waals surface area (Å²) in [5.74, 6) is 0.677. The maximum atomic E-state index is 6.00. The van der Waals surface area contributed by atoms with E-state index in [1.54, 1.807) is 6.20 Å². The molecule has 4 nitrogen and oxygen atoms in total. The van der Waals surface area contributed by atoms with Crippen molar-refractivity contribution in [1.82, 2.24) is 19.7 Å². The van der Waals surface area contributed by atoms with Gasteiger partial charge in [-0.25, -0.2) is 0 Å². The molecule has 0 fully saturated rings. The molecule has 0 aliphatic heterocycles. The van der Waals surface area contributed by atoms with Gasteiger partial charge in [-0.15, -0.1) is 0 Å². The number of hydrogen-bond acceptors (Lipinski definition) is 3. The molecule has 0 saturated heterocycles. The number of H-pyrrole nitrogens is 1. The molecule has 3 aromatic rings. The fourth-order valence-electron chi connectivity index (χ4n) is 1.85. The molecule has 0 unspecified atom stereocenters. The van der Waals surface area contributed by atoms with Gasteiger partial charge >= 0.3 is 0 Å². The van der Waals surface area contributed by atoms with E-state index in [9.17, 15) is 0 Å². The van der Waals surface area contributed by atoms with E-state index in [1.165, 1.54) is 0 Å². The van der Waals surface area contributed by atoms with Crippen LogP contribution in [0.5, 0.6) is 0 Å². The smallest absolute Gasteiger partial charge is 0.200 e. The number of aromatic nitrogens is 4. The van der Waals surface area contributed by atoms with Crippen LogP contribution in [0.2, 0.25) is 5.02 Å². The molecule has 1 aromatic carbocycles. The van der Waals surface area contributed by atoms with Gasteiger partial charge in [-0.3, -0.25) is 14.6 Å². The Morgan fingerprint density at radius 3 is 2.80 bits per heavy atom. The quantitative estimate of drug-likeness (QED) is 0.504. The largest absolute Gasteiger partial charge is 0.266 e. The number of pyridine rings is 1. The lowest BCUT2D eigenvalue weighted by Gasteiger charge is -2.08. The first-order valence-corrected chi connectivity index (χ1v) is 7.57. The van der Waals surface area contributed by atoms with Crippen LogP contribution in [0.1, 0.15) is 0 Å². The third kappa shape index (κ3) is 2.50. The first-order valence-electron chi connectivity index (χ1n) is 5.71. The second kappa shape index (κ2) is 5.63. The zero-order valence-corrected chi connectivity index (χ0v) is 13.8. The van der Waals surface area contributed by atoms with Crippen LogP contribution >= 0.6 is 46.4 Å². The molecule has 2 aromatic heterocycles. The van der Waals surface area contributed by atoms with Crippen LogP contribution in [-0.2, 0) is 0 Å². The molecule has 0 aliphatic carbocycles. The molecule has 20 heavy (non-hydrogen) atoms. The zero-order chi connectivity index (χ0) is 14.1. The number of hydrogen-bond donors (Lipinski definition) is 1. The van der Waals surface area contributed by atoms with Gasteiger partial charge in [0.15, 0.2) is 10.6 Å². The Morgan fingerprint density at radius 2 is 2.10 bits per heavy atom. The summed E-state index contributed by atoms with van der Waals surface area (Å²) in [6.07, 6.45) is 1.73. The van der Waals surface area contributed by atoms with Crippen molar-refractivity contribution in [3.8, 4) is 17.2 Å². The Morgan fingerprint density at radius 1 is 1.25 bits per heavy atom. The summed E-state index contributed by atoms with van der Waals surface area (Å²) in [5, 5.41) is 7.78. The molecule has 0 bridgehead atoms. The molecule has 100 valence electrons. The standard InChI is InChI=1S/C13H8ClIN4S/c14-8-4-5-11(9(15)7-8)19-12(17-18-13(19)20)10-3-1-2-6-16-10/h1-7H,(H,18,20). The molecular weight excluding hydrogens is 407 g/mol. The van der Waals surface area contributed by atoms with E-state index in [0.29, 0.717) is 15.6 Å². The van der Waals surface area contributed by atoms with Gasteiger partial charge in [0.1, 0.15) is 5.69 Å². The number of nitrogens with zero attached hydrogens (tertiary/aromatic N) is 3. The molecule has 0 aliphatic rings.